The van der Waals surface area contributed by atoms with Crippen LogP contribution in [-0.2, 0) is 6.54 Å². The number of ether oxygens (including phenoxy) is 1. The van der Waals surface area contributed by atoms with Gasteiger partial charge in [-0.2, -0.15) is 5.10 Å². The van der Waals surface area contributed by atoms with Crippen molar-refractivity contribution in [3.8, 4) is 5.75 Å². The Labute approximate surface area is 138 Å². The molecule has 0 saturated heterocycles. The molecule has 0 radical (unpaired) electrons. The molecular weight excluding hydrogens is 310 g/mol. The Morgan fingerprint density at radius 2 is 2.08 bits per heavy atom. The number of hydrogen-bond acceptors (Lipinski definition) is 6. The van der Waals surface area contributed by atoms with Gasteiger partial charge in [0, 0.05) is 17.5 Å². The van der Waals surface area contributed by atoms with Crippen molar-refractivity contribution in [2.75, 3.05) is 6.61 Å². The van der Waals surface area contributed by atoms with E-state index < -0.39 is 11.7 Å². The van der Waals surface area contributed by atoms with Gasteiger partial charge in [-0.3, -0.25) is 0 Å². The van der Waals surface area contributed by atoms with E-state index in [1.165, 1.54) is 6.07 Å². The Morgan fingerprint density at radius 1 is 1.29 bits per heavy atom. The Bertz CT molecular complexity index is 929. The summed E-state index contributed by atoms with van der Waals surface area (Å²) in [7, 11) is 0. The van der Waals surface area contributed by atoms with Crippen LogP contribution in [0.15, 0.2) is 33.5 Å². The summed E-state index contributed by atoms with van der Waals surface area (Å²) in [5.74, 6) is 1.94. The van der Waals surface area contributed by atoms with E-state index in [4.69, 9.17) is 9.15 Å². The first-order chi connectivity index (χ1) is 11.4. The molecule has 0 saturated carbocycles. The normalized spacial score (nSPS) is 12.5. The van der Waals surface area contributed by atoms with Crippen LogP contribution < -0.4 is 10.4 Å². The summed E-state index contributed by atoms with van der Waals surface area (Å²) in [5.41, 5.74) is 0.925. The van der Waals surface area contributed by atoms with E-state index in [0.29, 0.717) is 23.7 Å². The molecule has 24 heavy (non-hydrogen) atoms. The van der Waals surface area contributed by atoms with Gasteiger partial charge >= 0.3 is 5.63 Å². The predicted molar refractivity (Wildman–Crippen MR) is 88.2 cm³/mol. The topological polar surface area (TPSA) is 90.4 Å². The fourth-order valence-corrected chi connectivity index (χ4v) is 2.57. The number of aliphatic hydroxyl groups is 1. The molecule has 1 atom stereocenters. The van der Waals surface area contributed by atoms with Crippen LogP contribution in [0.3, 0.4) is 0 Å². The molecule has 0 aliphatic rings. The lowest BCUT2D eigenvalue weighted by molar-refractivity contribution is 0.0886. The molecule has 0 fully saturated rings. The van der Waals surface area contributed by atoms with Crippen LogP contribution in [0, 0.1) is 20.8 Å². The monoisotopic (exact) mass is 329 g/mol. The summed E-state index contributed by atoms with van der Waals surface area (Å²) < 4.78 is 12.4. The van der Waals surface area contributed by atoms with Crippen LogP contribution in [-0.4, -0.2) is 32.6 Å². The van der Waals surface area contributed by atoms with Crippen molar-refractivity contribution in [1.82, 2.24) is 14.8 Å². The van der Waals surface area contributed by atoms with Crippen molar-refractivity contribution in [2.24, 2.45) is 0 Å². The number of aryl methyl sites for hydroxylation is 3. The number of aromatic nitrogens is 3. The quantitative estimate of drug-likeness (QED) is 0.717. The highest BCUT2D eigenvalue weighted by Crippen LogP contribution is 2.22. The maximum absolute atomic E-state index is 11.5. The van der Waals surface area contributed by atoms with E-state index in [-0.39, 0.29) is 6.61 Å². The second-order valence-corrected chi connectivity index (χ2v) is 5.76. The largest absolute Gasteiger partial charge is 0.491 e. The van der Waals surface area contributed by atoms with Gasteiger partial charge in [0.2, 0.25) is 0 Å². The van der Waals surface area contributed by atoms with Crippen LogP contribution in [0.2, 0.25) is 0 Å². The van der Waals surface area contributed by atoms with Crippen LogP contribution >= 0.6 is 0 Å². The third-order valence-electron chi connectivity index (χ3n) is 3.71. The Balaban J connectivity index is 1.69. The van der Waals surface area contributed by atoms with Crippen molar-refractivity contribution in [2.45, 2.75) is 33.4 Å². The molecule has 0 spiro atoms. The van der Waals surface area contributed by atoms with E-state index >= 15 is 0 Å². The van der Waals surface area contributed by atoms with E-state index in [9.17, 15) is 9.90 Å². The van der Waals surface area contributed by atoms with Gasteiger partial charge in [0.05, 0.1) is 6.54 Å². The van der Waals surface area contributed by atoms with Crippen molar-refractivity contribution in [1.29, 1.82) is 0 Å². The Kier molecular flexibility index (Phi) is 4.35. The van der Waals surface area contributed by atoms with Gasteiger partial charge in [-0.25, -0.2) is 14.5 Å². The number of rotatable bonds is 5. The molecule has 0 amide bonds. The average molecular weight is 329 g/mol. The van der Waals surface area contributed by atoms with Crippen molar-refractivity contribution in [3.05, 3.63) is 51.9 Å². The second kappa shape index (κ2) is 6.45. The van der Waals surface area contributed by atoms with E-state index in [1.807, 2.05) is 19.9 Å². The first kappa shape index (κ1) is 16.2. The maximum atomic E-state index is 11.5. The highest BCUT2D eigenvalue weighted by Gasteiger charge is 2.11. The minimum Gasteiger partial charge on any atom is -0.491 e. The molecule has 0 unspecified atom stereocenters. The minimum atomic E-state index is -0.731. The van der Waals surface area contributed by atoms with E-state index in [2.05, 4.69) is 10.1 Å². The second-order valence-electron chi connectivity index (χ2n) is 5.76. The number of nitrogens with zero attached hydrogens (tertiary/aromatic N) is 3. The summed E-state index contributed by atoms with van der Waals surface area (Å²) in [6.45, 7) is 5.89. The molecule has 2 heterocycles. The number of aliphatic hydroxyl groups excluding tert-OH is 1. The molecular formula is C17H19N3O4. The number of hydrogen-bond donors (Lipinski definition) is 1. The minimum absolute atomic E-state index is 0.0971. The summed E-state index contributed by atoms with van der Waals surface area (Å²) in [5, 5.41) is 15.2. The van der Waals surface area contributed by atoms with E-state index in [0.717, 1.165) is 16.8 Å². The standard InChI is InChI=1S/C17H19N3O4/c1-10-6-17(22)24-16-7-14(4-5-15(10)16)23-9-13(21)8-20-12(3)18-11(2)19-20/h4-7,13,21H,8-9H2,1-3H3/t13-/m0/s1. The maximum Gasteiger partial charge on any atom is 0.336 e. The third-order valence-corrected chi connectivity index (χ3v) is 3.71. The van der Waals surface area contributed by atoms with Gasteiger partial charge in [-0.05, 0) is 38.5 Å². The number of fused-ring (bicyclic) bond motifs is 1. The highest BCUT2D eigenvalue weighted by molar-refractivity contribution is 5.81. The molecule has 7 heteroatoms. The van der Waals surface area contributed by atoms with Gasteiger partial charge in [0.15, 0.2) is 0 Å². The number of benzene rings is 1. The zero-order valence-corrected chi connectivity index (χ0v) is 13.8. The summed E-state index contributed by atoms with van der Waals surface area (Å²) in [4.78, 5) is 15.6. The summed E-state index contributed by atoms with van der Waals surface area (Å²) in [6.07, 6.45) is -0.731. The highest BCUT2D eigenvalue weighted by atomic mass is 16.5. The van der Waals surface area contributed by atoms with Crippen LogP contribution in [0.5, 0.6) is 5.75 Å². The Hall–Kier alpha value is -2.67. The molecule has 1 aromatic carbocycles. The molecule has 2 aromatic heterocycles. The first-order valence-electron chi connectivity index (χ1n) is 7.66. The molecule has 3 rings (SSSR count). The smallest absolute Gasteiger partial charge is 0.336 e. The molecule has 0 bridgehead atoms. The lowest BCUT2D eigenvalue weighted by Crippen LogP contribution is -2.24. The molecule has 126 valence electrons. The zero-order valence-electron chi connectivity index (χ0n) is 13.8. The van der Waals surface area contributed by atoms with Crippen molar-refractivity contribution >= 4 is 11.0 Å². The fourth-order valence-electron chi connectivity index (χ4n) is 2.57. The van der Waals surface area contributed by atoms with Crippen LogP contribution in [0.1, 0.15) is 17.2 Å². The molecule has 3 aromatic rings. The zero-order chi connectivity index (χ0) is 17.3. The molecule has 1 N–H and O–H groups in total. The van der Waals surface area contributed by atoms with Gasteiger partial charge in [0.25, 0.3) is 0 Å². The first-order valence-corrected chi connectivity index (χ1v) is 7.66. The summed E-state index contributed by atoms with van der Waals surface area (Å²) in [6, 6.07) is 6.73. The lowest BCUT2D eigenvalue weighted by Gasteiger charge is -2.13. The van der Waals surface area contributed by atoms with Crippen LogP contribution in [0.4, 0.5) is 0 Å². The lowest BCUT2D eigenvalue weighted by atomic mass is 10.1. The van der Waals surface area contributed by atoms with Gasteiger partial charge in [-0.1, -0.05) is 0 Å². The summed E-state index contributed by atoms with van der Waals surface area (Å²) >= 11 is 0. The van der Waals surface area contributed by atoms with E-state index in [1.54, 1.807) is 23.7 Å². The average Bonchev–Trinajstić information content (AvgIpc) is 2.82. The van der Waals surface area contributed by atoms with Gasteiger partial charge in [-0.15, -0.1) is 0 Å². The SMILES string of the molecule is Cc1nc(C)n(C[C@H](O)COc2ccc3c(C)cc(=O)oc3c2)n1. The van der Waals surface area contributed by atoms with Crippen LogP contribution in [0.25, 0.3) is 11.0 Å². The Morgan fingerprint density at radius 3 is 2.79 bits per heavy atom. The molecule has 7 nitrogen and oxygen atoms in total. The molecule has 0 aliphatic carbocycles. The van der Waals surface area contributed by atoms with Gasteiger partial charge in [0.1, 0.15) is 35.7 Å². The molecule has 0 aliphatic heterocycles. The predicted octanol–water partition coefficient (Wildman–Crippen LogP) is 1.75. The van der Waals surface area contributed by atoms with Gasteiger partial charge < -0.3 is 14.3 Å². The third kappa shape index (κ3) is 3.46. The fraction of sp³-hybridized carbons (Fsp3) is 0.353. The van der Waals surface area contributed by atoms with Crippen molar-refractivity contribution < 1.29 is 14.3 Å². The van der Waals surface area contributed by atoms with Crippen molar-refractivity contribution in [3.63, 3.8) is 0 Å².